The molecule has 2 heterocycles. The van der Waals surface area contributed by atoms with Crippen LogP contribution in [0.1, 0.15) is 0 Å². The second kappa shape index (κ2) is 7.25. The molecule has 1 aliphatic rings. The summed E-state index contributed by atoms with van der Waals surface area (Å²) in [5, 5.41) is 48.2. The van der Waals surface area contributed by atoms with Gasteiger partial charge in [0.05, 0.1) is 12.5 Å². The summed E-state index contributed by atoms with van der Waals surface area (Å²) in [7, 11) is 0. The topological polar surface area (TPSA) is 129 Å². The zero-order chi connectivity index (χ0) is 19.0. The van der Waals surface area contributed by atoms with Crippen LogP contribution >= 0.6 is 11.8 Å². The van der Waals surface area contributed by atoms with E-state index in [2.05, 4.69) is 10.2 Å². The van der Waals surface area contributed by atoms with E-state index in [-0.39, 0.29) is 11.4 Å². The summed E-state index contributed by atoms with van der Waals surface area (Å²) >= 11 is 1.46. The van der Waals surface area contributed by atoms with Gasteiger partial charge in [0.25, 0.3) is 0 Å². The van der Waals surface area contributed by atoms with Gasteiger partial charge < -0.3 is 15.3 Å². The average molecular weight is 388 g/mol. The van der Waals surface area contributed by atoms with Gasteiger partial charge in [0.1, 0.15) is 5.69 Å². The molecule has 0 amide bonds. The Balaban J connectivity index is 1.66. The Hall–Kier alpha value is -2.51. The fourth-order valence-electron chi connectivity index (χ4n) is 2.92. The summed E-state index contributed by atoms with van der Waals surface area (Å²) in [5.41, 5.74) is 1.81. The zero-order valence-corrected chi connectivity index (χ0v) is 14.8. The Bertz CT molecular complexity index is 946. The number of hydrogen-bond donors (Lipinski definition) is 4. The van der Waals surface area contributed by atoms with Crippen LogP contribution in [0.5, 0.6) is 0 Å². The number of quaternary nitrogens is 2. The van der Waals surface area contributed by atoms with Gasteiger partial charge in [-0.2, -0.15) is 10.5 Å². The lowest BCUT2D eigenvalue weighted by Crippen LogP contribution is -2.99. The number of anilines is 1. The number of aromatic nitrogens is 3. The summed E-state index contributed by atoms with van der Waals surface area (Å²) < 4.78 is 1.89. The van der Waals surface area contributed by atoms with Crippen LogP contribution in [0, 0.1) is 10.4 Å². The van der Waals surface area contributed by atoms with Crippen molar-refractivity contribution >= 4 is 28.8 Å². The Labute approximate surface area is 157 Å². The summed E-state index contributed by atoms with van der Waals surface area (Å²) in [4.78, 5) is 1.94. The highest BCUT2D eigenvalue weighted by Crippen LogP contribution is 2.33. The van der Waals surface area contributed by atoms with E-state index in [4.69, 9.17) is 5.21 Å². The quantitative estimate of drug-likeness (QED) is 0.469. The number of nitrogens with one attached hydrogen (secondary N) is 2. The van der Waals surface area contributed by atoms with Gasteiger partial charge in [0.2, 0.25) is 0 Å². The van der Waals surface area contributed by atoms with E-state index in [9.17, 15) is 15.6 Å². The van der Waals surface area contributed by atoms with Crippen molar-refractivity contribution in [3.63, 3.8) is 0 Å². The molecule has 0 saturated heterocycles. The minimum Gasteiger partial charge on any atom is -0.595 e. The van der Waals surface area contributed by atoms with Gasteiger partial charge in [-0.3, -0.25) is 4.57 Å². The Morgan fingerprint density at radius 1 is 0.963 bits per heavy atom. The molecule has 2 aromatic carbocycles. The molecule has 4 rings (SSSR count). The van der Waals surface area contributed by atoms with Gasteiger partial charge in [0.15, 0.2) is 22.4 Å². The van der Waals surface area contributed by atoms with Crippen LogP contribution in [0.15, 0.2) is 53.7 Å². The first kappa shape index (κ1) is 17.9. The van der Waals surface area contributed by atoms with Gasteiger partial charge in [0, 0.05) is 23.8 Å². The van der Waals surface area contributed by atoms with Crippen molar-refractivity contribution in [1.82, 2.24) is 14.8 Å². The van der Waals surface area contributed by atoms with Gasteiger partial charge in [-0.05, 0) is 18.2 Å². The predicted octanol–water partition coefficient (Wildman–Crippen LogP) is 0.279. The van der Waals surface area contributed by atoms with Crippen LogP contribution < -0.4 is 15.4 Å². The van der Waals surface area contributed by atoms with Crippen molar-refractivity contribution in [2.75, 3.05) is 10.8 Å². The molecule has 0 radical (unpaired) electrons. The van der Waals surface area contributed by atoms with Crippen LogP contribution in [0.25, 0.3) is 11.4 Å². The first-order valence-electron chi connectivity index (χ1n) is 8.01. The molecule has 1 aliphatic heterocycles. The molecule has 3 aromatic rings. The SMILES string of the molecule is [O-][NH+](O)c1ccc(-c2nnc3n2CN(c2ccccc2[NH+]([O-])O)CS3)cc1. The van der Waals surface area contributed by atoms with E-state index >= 15 is 0 Å². The fraction of sp³-hybridized carbons (Fsp3) is 0.125. The Morgan fingerprint density at radius 2 is 1.70 bits per heavy atom. The monoisotopic (exact) mass is 388 g/mol. The molecule has 11 heteroatoms. The number of benzene rings is 2. The molecule has 0 bridgehead atoms. The average Bonchev–Trinajstić information content (AvgIpc) is 3.11. The first-order chi connectivity index (χ1) is 13.0. The molecule has 0 spiro atoms. The van der Waals surface area contributed by atoms with Crippen molar-refractivity contribution in [3.8, 4) is 11.4 Å². The Kier molecular flexibility index (Phi) is 4.80. The number of fused-ring (bicyclic) bond motifs is 1. The van der Waals surface area contributed by atoms with Crippen molar-refractivity contribution in [3.05, 3.63) is 58.9 Å². The normalized spacial score (nSPS) is 16.1. The lowest BCUT2D eigenvalue weighted by molar-refractivity contribution is -0.991. The van der Waals surface area contributed by atoms with Crippen LogP contribution in [0.2, 0.25) is 0 Å². The molecule has 2 atom stereocenters. The van der Waals surface area contributed by atoms with E-state index in [1.54, 1.807) is 36.4 Å². The van der Waals surface area contributed by atoms with E-state index in [1.807, 2.05) is 9.47 Å². The summed E-state index contributed by atoms with van der Waals surface area (Å²) in [6, 6.07) is 13.3. The maximum atomic E-state index is 11.5. The predicted molar refractivity (Wildman–Crippen MR) is 96.7 cm³/mol. The minimum atomic E-state index is -0.989. The molecule has 0 aliphatic carbocycles. The lowest BCUT2D eigenvalue weighted by atomic mass is 10.2. The van der Waals surface area contributed by atoms with Gasteiger partial charge in [-0.25, -0.2) is 10.4 Å². The fourth-order valence-corrected chi connectivity index (χ4v) is 3.81. The molecule has 10 nitrogen and oxygen atoms in total. The third-order valence-corrected chi connectivity index (χ3v) is 5.24. The minimum absolute atomic E-state index is 0.198. The highest BCUT2D eigenvalue weighted by Gasteiger charge is 2.25. The number of para-hydroxylation sites is 2. The summed E-state index contributed by atoms with van der Waals surface area (Å²) in [5.74, 6) is 1.16. The van der Waals surface area contributed by atoms with Gasteiger partial charge >= 0.3 is 0 Å². The van der Waals surface area contributed by atoms with Crippen molar-refractivity contribution < 1.29 is 20.9 Å². The molecule has 1 aromatic heterocycles. The van der Waals surface area contributed by atoms with E-state index in [1.165, 1.54) is 23.9 Å². The summed E-state index contributed by atoms with van der Waals surface area (Å²) in [6.45, 7) is 0.398. The molecule has 4 N–H and O–H groups in total. The van der Waals surface area contributed by atoms with Crippen LogP contribution in [0.4, 0.5) is 17.1 Å². The molecule has 0 saturated carbocycles. The standard InChI is InChI=1S/C16H16N6O4S/c23-21(24)12-7-5-11(6-8-12)15-17-18-16-20(15)9-19(10-27-16)13-3-1-2-4-14(13)22(25)26/h1-8,21-23,25H,9-10H2. The number of hydrogen-bond acceptors (Lipinski definition) is 8. The van der Waals surface area contributed by atoms with Crippen molar-refractivity contribution in [1.29, 1.82) is 0 Å². The van der Waals surface area contributed by atoms with Crippen LogP contribution in [-0.4, -0.2) is 31.1 Å². The maximum Gasteiger partial charge on any atom is 0.194 e. The second-order valence-electron chi connectivity index (χ2n) is 5.89. The smallest absolute Gasteiger partial charge is 0.194 e. The molecule has 140 valence electrons. The molecular formula is C16H16N6O4S. The lowest BCUT2D eigenvalue weighted by Gasteiger charge is -2.31. The third-order valence-electron chi connectivity index (χ3n) is 4.24. The van der Waals surface area contributed by atoms with E-state index in [0.29, 0.717) is 24.1 Å². The molecule has 2 unspecified atom stereocenters. The zero-order valence-electron chi connectivity index (χ0n) is 13.9. The van der Waals surface area contributed by atoms with Crippen LogP contribution in [0.3, 0.4) is 0 Å². The van der Waals surface area contributed by atoms with E-state index in [0.717, 1.165) is 10.7 Å². The van der Waals surface area contributed by atoms with E-state index < -0.39 is 10.5 Å². The number of rotatable bonds is 4. The van der Waals surface area contributed by atoms with Gasteiger partial charge in [-0.15, -0.1) is 10.2 Å². The number of thioether (sulfide) groups is 1. The molecule has 27 heavy (non-hydrogen) atoms. The number of nitrogens with zero attached hydrogens (tertiary/aromatic N) is 4. The van der Waals surface area contributed by atoms with Crippen molar-refractivity contribution in [2.45, 2.75) is 11.8 Å². The highest BCUT2D eigenvalue weighted by molar-refractivity contribution is 7.99. The largest absolute Gasteiger partial charge is 0.595 e. The molecule has 0 fully saturated rings. The van der Waals surface area contributed by atoms with Crippen LogP contribution in [-0.2, 0) is 6.67 Å². The van der Waals surface area contributed by atoms with Gasteiger partial charge in [-0.1, -0.05) is 23.9 Å². The summed E-state index contributed by atoms with van der Waals surface area (Å²) in [6.07, 6.45) is 0. The molecular weight excluding hydrogens is 372 g/mol. The first-order valence-corrected chi connectivity index (χ1v) is 9.00. The maximum absolute atomic E-state index is 11.5. The highest BCUT2D eigenvalue weighted by atomic mass is 32.2. The van der Waals surface area contributed by atoms with Crippen molar-refractivity contribution in [2.24, 2.45) is 0 Å². The second-order valence-corrected chi connectivity index (χ2v) is 6.81. The Morgan fingerprint density at radius 3 is 2.41 bits per heavy atom. The third kappa shape index (κ3) is 3.40.